The quantitative estimate of drug-likeness (QED) is 0.800. The number of aliphatic hydroxyl groups excluding tert-OH is 1. The predicted molar refractivity (Wildman–Crippen MR) is 65.9 cm³/mol. The molecule has 0 aromatic carbocycles. The van der Waals surface area contributed by atoms with Crippen LogP contribution >= 0.6 is 11.6 Å². The number of nitrogens with zero attached hydrogens (tertiary/aromatic N) is 2. The molecule has 0 aliphatic heterocycles. The third kappa shape index (κ3) is 2.83. The molecule has 1 unspecified atom stereocenters. The Morgan fingerprint density at radius 3 is 2.38 bits per heavy atom. The molecule has 5 heteroatoms. The van der Waals surface area contributed by atoms with Crippen molar-refractivity contribution in [3.8, 4) is 0 Å². The SMILES string of the molecule is Cc1nc(Cl)c(C)c(NC(C)(C)C(C)O)n1. The van der Waals surface area contributed by atoms with Gasteiger partial charge in [0.2, 0.25) is 0 Å². The molecular weight excluding hydrogens is 226 g/mol. The van der Waals surface area contributed by atoms with E-state index in [1.54, 1.807) is 13.8 Å². The predicted octanol–water partition coefficient (Wildman–Crippen LogP) is 2.32. The van der Waals surface area contributed by atoms with Gasteiger partial charge in [-0.2, -0.15) is 0 Å². The second kappa shape index (κ2) is 4.55. The summed E-state index contributed by atoms with van der Waals surface area (Å²) in [4.78, 5) is 8.34. The fourth-order valence-electron chi connectivity index (χ4n) is 1.13. The molecule has 1 heterocycles. The maximum Gasteiger partial charge on any atom is 0.137 e. The van der Waals surface area contributed by atoms with Crippen LogP contribution < -0.4 is 5.32 Å². The maximum absolute atomic E-state index is 9.63. The highest BCUT2D eigenvalue weighted by atomic mass is 35.5. The molecule has 4 nitrogen and oxygen atoms in total. The van der Waals surface area contributed by atoms with Gasteiger partial charge in [0, 0.05) is 5.56 Å². The summed E-state index contributed by atoms with van der Waals surface area (Å²) in [5.74, 6) is 1.28. The highest BCUT2D eigenvalue weighted by Crippen LogP contribution is 2.24. The number of hydrogen-bond donors (Lipinski definition) is 2. The van der Waals surface area contributed by atoms with Gasteiger partial charge >= 0.3 is 0 Å². The molecular formula is C11H18ClN3O. The van der Waals surface area contributed by atoms with Crippen LogP contribution in [0.4, 0.5) is 5.82 Å². The average molecular weight is 244 g/mol. The van der Waals surface area contributed by atoms with Crippen LogP contribution in [-0.4, -0.2) is 26.7 Å². The van der Waals surface area contributed by atoms with E-state index in [4.69, 9.17) is 11.6 Å². The minimum atomic E-state index is -0.499. The summed E-state index contributed by atoms with van der Waals surface area (Å²) >= 11 is 5.97. The Labute approximate surface area is 101 Å². The lowest BCUT2D eigenvalue weighted by molar-refractivity contribution is 0.133. The van der Waals surface area contributed by atoms with E-state index in [9.17, 15) is 5.11 Å². The Balaban J connectivity index is 3.06. The Bertz CT molecular complexity index is 391. The highest BCUT2D eigenvalue weighted by Gasteiger charge is 2.25. The zero-order chi connectivity index (χ0) is 12.5. The lowest BCUT2D eigenvalue weighted by atomic mass is 9.98. The zero-order valence-electron chi connectivity index (χ0n) is 10.3. The van der Waals surface area contributed by atoms with Crippen LogP contribution in [0.5, 0.6) is 0 Å². The fraction of sp³-hybridized carbons (Fsp3) is 0.636. The smallest absolute Gasteiger partial charge is 0.137 e. The lowest BCUT2D eigenvalue weighted by Crippen LogP contribution is -2.42. The summed E-state index contributed by atoms with van der Waals surface area (Å²) in [5.41, 5.74) is 0.329. The first-order valence-corrected chi connectivity index (χ1v) is 5.59. The molecule has 1 aromatic heterocycles. The molecule has 0 saturated carbocycles. The second-order valence-corrected chi connectivity index (χ2v) is 4.92. The Morgan fingerprint density at radius 1 is 1.31 bits per heavy atom. The molecule has 0 fully saturated rings. The minimum Gasteiger partial charge on any atom is -0.391 e. The number of halogens is 1. The van der Waals surface area contributed by atoms with Crippen molar-refractivity contribution < 1.29 is 5.11 Å². The fourth-order valence-corrected chi connectivity index (χ4v) is 1.34. The van der Waals surface area contributed by atoms with Crippen LogP contribution in [0.25, 0.3) is 0 Å². The number of hydrogen-bond acceptors (Lipinski definition) is 4. The first-order chi connectivity index (χ1) is 7.24. The van der Waals surface area contributed by atoms with Gasteiger partial charge in [-0.05, 0) is 34.6 Å². The minimum absolute atomic E-state index is 0.441. The Morgan fingerprint density at radius 2 is 1.88 bits per heavy atom. The molecule has 0 amide bonds. The van der Waals surface area contributed by atoms with Crippen LogP contribution in [-0.2, 0) is 0 Å². The number of rotatable bonds is 3. The van der Waals surface area contributed by atoms with Crippen molar-refractivity contribution in [3.63, 3.8) is 0 Å². The van der Waals surface area contributed by atoms with Gasteiger partial charge < -0.3 is 10.4 Å². The van der Waals surface area contributed by atoms with Gasteiger partial charge in [0.25, 0.3) is 0 Å². The Hall–Kier alpha value is -0.870. The average Bonchev–Trinajstić information content (AvgIpc) is 2.12. The molecule has 0 bridgehead atoms. The summed E-state index contributed by atoms with van der Waals surface area (Å²) in [6, 6.07) is 0. The van der Waals surface area contributed by atoms with Gasteiger partial charge in [-0.15, -0.1) is 0 Å². The van der Waals surface area contributed by atoms with Crippen molar-refractivity contribution in [3.05, 3.63) is 16.5 Å². The van der Waals surface area contributed by atoms with Crippen LogP contribution in [0, 0.1) is 13.8 Å². The van der Waals surface area contributed by atoms with Gasteiger partial charge in [-0.3, -0.25) is 0 Å². The van der Waals surface area contributed by atoms with Gasteiger partial charge in [0.15, 0.2) is 0 Å². The summed E-state index contributed by atoms with van der Waals surface area (Å²) in [6.07, 6.45) is -0.499. The molecule has 0 radical (unpaired) electrons. The second-order valence-electron chi connectivity index (χ2n) is 4.56. The molecule has 0 saturated heterocycles. The van der Waals surface area contributed by atoms with E-state index < -0.39 is 11.6 Å². The lowest BCUT2D eigenvalue weighted by Gasteiger charge is -2.30. The molecule has 90 valence electrons. The summed E-state index contributed by atoms with van der Waals surface area (Å²) < 4.78 is 0. The van der Waals surface area contributed by atoms with E-state index in [2.05, 4.69) is 15.3 Å². The Kier molecular flexibility index (Phi) is 3.76. The monoisotopic (exact) mass is 243 g/mol. The molecule has 1 aromatic rings. The van der Waals surface area contributed by atoms with Crippen molar-refractivity contribution in [1.29, 1.82) is 0 Å². The summed E-state index contributed by atoms with van der Waals surface area (Å²) in [7, 11) is 0. The number of aliphatic hydroxyl groups is 1. The van der Waals surface area contributed by atoms with E-state index >= 15 is 0 Å². The summed E-state index contributed by atoms with van der Waals surface area (Å²) in [5, 5.41) is 13.3. The number of anilines is 1. The van der Waals surface area contributed by atoms with Gasteiger partial charge in [-0.25, -0.2) is 9.97 Å². The van der Waals surface area contributed by atoms with Crippen LogP contribution in [0.2, 0.25) is 5.15 Å². The highest BCUT2D eigenvalue weighted by molar-refractivity contribution is 6.30. The van der Waals surface area contributed by atoms with Gasteiger partial charge in [-0.1, -0.05) is 11.6 Å². The van der Waals surface area contributed by atoms with Crippen molar-refractivity contribution in [2.45, 2.75) is 46.3 Å². The van der Waals surface area contributed by atoms with Gasteiger partial charge in [0.05, 0.1) is 11.6 Å². The largest absolute Gasteiger partial charge is 0.391 e. The topological polar surface area (TPSA) is 58.0 Å². The zero-order valence-corrected chi connectivity index (χ0v) is 11.1. The molecule has 1 rings (SSSR count). The third-order valence-electron chi connectivity index (χ3n) is 2.68. The summed E-state index contributed by atoms with van der Waals surface area (Å²) in [6.45, 7) is 9.18. The van der Waals surface area contributed by atoms with Crippen molar-refractivity contribution in [2.24, 2.45) is 0 Å². The molecule has 16 heavy (non-hydrogen) atoms. The standard InChI is InChI=1S/C11H18ClN3O/c1-6-9(12)13-8(3)14-10(6)15-11(4,5)7(2)16/h7,16H,1-5H3,(H,13,14,15). The van der Waals surface area contributed by atoms with E-state index in [-0.39, 0.29) is 0 Å². The van der Waals surface area contributed by atoms with Gasteiger partial charge in [0.1, 0.15) is 16.8 Å². The molecule has 0 aliphatic carbocycles. The van der Waals surface area contributed by atoms with Crippen LogP contribution in [0.3, 0.4) is 0 Å². The molecule has 2 N–H and O–H groups in total. The molecule has 0 spiro atoms. The van der Waals surface area contributed by atoms with Crippen molar-refractivity contribution >= 4 is 17.4 Å². The number of nitrogens with one attached hydrogen (secondary N) is 1. The van der Waals surface area contributed by atoms with Crippen molar-refractivity contribution in [2.75, 3.05) is 5.32 Å². The first kappa shape index (κ1) is 13.2. The van der Waals surface area contributed by atoms with Crippen LogP contribution in [0.1, 0.15) is 32.2 Å². The van der Waals surface area contributed by atoms with E-state index in [0.717, 1.165) is 5.56 Å². The number of aryl methyl sites for hydroxylation is 1. The van der Waals surface area contributed by atoms with E-state index in [1.165, 1.54) is 0 Å². The van der Waals surface area contributed by atoms with Crippen LogP contribution in [0.15, 0.2) is 0 Å². The van der Waals surface area contributed by atoms with Crippen molar-refractivity contribution in [1.82, 2.24) is 9.97 Å². The first-order valence-electron chi connectivity index (χ1n) is 5.21. The maximum atomic E-state index is 9.63. The van der Waals surface area contributed by atoms with E-state index in [0.29, 0.717) is 16.8 Å². The number of aromatic nitrogens is 2. The molecule has 0 aliphatic rings. The normalized spacial score (nSPS) is 13.7. The molecule has 1 atom stereocenters. The van der Waals surface area contributed by atoms with E-state index in [1.807, 2.05) is 20.8 Å². The third-order valence-corrected chi connectivity index (χ3v) is 3.05.